The van der Waals surface area contributed by atoms with E-state index < -0.39 is 0 Å². The molecule has 1 atom stereocenters. The normalized spacial score (nSPS) is 20.9. The van der Waals surface area contributed by atoms with Gasteiger partial charge >= 0.3 is 0 Å². The lowest BCUT2D eigenvalue weighted by atomic mass is 10.1. The maximum absolute atomic E-state index is 9.66. The van der Waals surface area contributed by atoms with Crippen molar-refractivity contribution in [1.29, 1.82) is 0 Å². The molecule has 2 heterocycles. The molecule has 16 heavy (non-hydrogen) atoms. The standard InChI is InChI=1S/C11H18N4O/c1-8-6-13-11(12-2)14-10(8)15-5-3-4-9(16)7-15/h6,9,16H,3-5,7H2,1-2H3,(H,12,13,14). The maximum Gasteiger partial charge on any atom is 0.224 e. The summed E-state index contributed by atoms with van der Waals surface area (Å²) in [6.07, 6.45) is 3.48. The van der Waals surface area contributed by atoms with Crippen molar-refractivity contribution in [3.63, 3.8) is 0 Å². The number of aryl methyl sites for hydroxylation is 1. The highest BCUT2D eigenvalue weighted by Gasteiger charge is 2.20. The highest BCUT2D eigenvalue weighted by atomic mass is 16.3. The summed E-state index contributed by atoms with van der Waals surface area (Å²) in [5.41, 5.74) is 1.05. The van der Waals surface area contributed by atoms with Crippen LogP contribution in [0.3, 0.4) is 0 Å². The molecule has 0 spiro atoms. The predicted molar refractivity (Wildman–Crippen MR) is 63.8 cm³/mol. The van der Waals surface area contributed by atoms with Crippen molar-refractivity contribution in [3.05, 3.63) is 11.8 Å². The Morgan fingerprint density at radius 1 is 1.56 bits per heavy atom. The summed E-state index contributed by atoms with van der Waals surface area (Å²) in [7, 11) is 1.81. The van der Waals surface area contributed by atoms with Gasteiger partial charge in [-0.2, -0.15) is 4.98 Å². The van der Waals surface area contributed by atoms with Crippen LogP contribution in [0.2, 0.25) is 0 Å². The summed E-state index contributed by atoms with van der Waals surface area (Å²) in [4.78, 5) is 10.7. The van der Waals surface area contributed by atoms with E-state index in [4.69, 9.17) is 0 Å². The largest absolute Gasteiger partial charge is 0.391 e. The monoisotopic (exact) mass is 222 g/mol. The number of aliphatic hydroxyl groups excluding tert-OH is 1. The van der Waals surface area contributed by atoms with Crippen LogP contribution in [0.5, 0.6) is 0 Å². The average molecular weight is 222 g/mol. The lowest BCUT2D eigenvalue weighted by molar-refractivity contribution is 0.154. The van der Waals surface area contributed by atoms with E-state index in [1.54, 1.807) is 7.05 Å². The van der Waals surface area contributed by atoms with Crippen LogP contribution in [0.25, 0.3) is 0 Å². The molecule has 2 N–H and O–H groups in total. The molecule has 1 fully saturated rings. The molecule has 0 saturated carbocycles. The Morgan fingerprint density at radius 2 is 2.38 bits per heavy atom. The molecule has 0 bridgehead atoms. The minimum atomic E-state index is -0.235. The second kappa shape index (κ2) is 4.65. The quantitative estimate of drug-likeness (QED) is 0.774. The Morgan fingerprint density at radius 3 is 3.06 bits per heavy atom. The minimum Gasteiger partial charge on any atom is -0.391 e. The van der Waals surface area contributed by atoms with Crippen LogP contribution in [0, 0.1) is 6.92 Å². The highest BCUT2D eigenvalue weighted by molar-refractivity contribution is 5.49. The fourth-order valence-electron chi connectivity index (χ4n) is 2.02. The Bertz CT molecular complexity index is 369. The first kappa shape index (κ1) is 11.1. The number of hydrogen-bond acceptors (Lipinski definition) is 5. The summed E-state index contributed by atoms with van der Waals surface area (Å²) in [5, 5.41) is 12.6. The van der Waals surface area contributed by atoms with Crippen molar-refractivity contribution in [2.24, 2.45) is 0 Å². The van der Waals surface area contributed by atoms with Gasteiger partial charge in [-0.1, -0.05) is 0 Å². The fraction of sp³-hybridized carbons (Fsp3) is 0.636. The molecule has 5 nitrogen and oxygen atoms in total. The molecule has 88 valence electrons. The number of aliphatic hydroxyl groups is 1. The number of aromatic nitrogens is 2. The molecule has 0 radical (unpaired) electrons. The SMILES string of the molecule is CNc1ncc(C)c(N2CCCC(O)C2)n1. The Labute approximate surface area is 95.5 Å². The van der Waals surface area contributed by atoms with Gasteiger partial charge < -0.3 is 15.3 Å². The van der Waals surface area contributed by atoms with Gasteiger partial charge in [-0.05, 0) is 19.8 Å². The number of nitrogens with zero attached hydrogens (tertiary/aromatic N) is 3. The zero-order chi connectivity index (χ0) is 11.5. The number of rotatable bonds is 2. The Kier molecular flexibility index (Phi) is 3.24. The van der Waals surface area contributed by atoms with Crippen molar-refractivity contribution in [2.75, 3.05) is 30.4 Å². The van der Waals surface area contributed by atoms with Gasteiger partial charge in [0.05, 0.1) is 6.10 Å². The van der Waals surface area contributed by atoms with Gasteiger partial charge in [-0.15, -0.1) is 0 Å². The van der Waals surface area contributed by atoms with Gasteiger partial charge in [0.25, 0.3) is 0 Å². The molecule has 5 heteroatoms. The highest BCUT2D eigenvalue weighted by Crippen LogP contribution is 2.22. The van der Waals surface area contributed by atoms with E-state index >= 15 is 0 Å². The lowest BCUT2D eigenvalue weighted by Gasteiger charge is -2.31. The molecule has 1 aliphatic rings. The van der Waals surface area contributed by atoms with Gasteiger partial charge in [0.15, 0.2) is 0 Å². The van der Waals surface area contributed by atoms with Gasteiger partial charge in [0.2, 0.25) is 5.95 Å². The number of β-amino-alcohol motifs (C(OH)–C–C–N with tert-alkyl or cyclic N) is 1. The van der Waals surface area contributed by atoms with Crippen LogP contribution in [-0.2, 0) is 0 Å². The third-order valence-corrected chi connectivity index (χ3v) is 2.86. The van der Waals surface area contributed by atoms with E-state index in [1.807, 2.05) is 13.1 Å². The van der Waals surface area contributed by atoms with E-state index in [-0.39, 0.29) is 6.10 Å². The fourth-order valence-corrected chi connectivity index (χ4v) is 2.02. The second-order valence-corrected chi connectivity index (χ2v) is 4.19. The van der Waals surface area contributed by atoms with Crippen molar-refractivity contribution >= 4 is 11.8 Å². The summed E-state index contributed by atoms with van der Waals surface area (Å²) in [5.74, 6) is 1.55. The molecule has 1 saturated heterocycles. The molecule has 1 aromatic rings. The second-order valence-electron chi connectivity index (χ2n) is 4.19. The lowest BCUT2D eigenvalue weighted by Crippen LogP contribution is -2.39. The molecule has 1 unspecified atom stereocenters. The van der Waals surface area contributed by atoms with E-state index in [0.29, 0.717) is 12.5 Å². The van der Waals surface area contributed by atoms with Crippen molar-refractivity contribution in [3.8, 4) is 0 Å². The van der Waals surface area contributed by atoms with E-state index in [0.717, 1.165) is 30.8 Å². The first-order chi connectivity index (χ1) is 7.70. The zero-order valence-corrected chi connectivity index (χ0v) is 9.77. The zero-order valence-electron chi connectivity index (χ0n) is 9.77. The summed E-state index contributed by atoms with van der Waals surface area (Å²) < 4.78 is 0. The average Bonchev–Trinajstić information content (AvgIpc) is 2.30. The number of hydrogen-bond donors (Lipinski definition) is 2. The van der Waals surface area contributed by atoms with Crippen molar-refractivity contribution in [1.82, 2.24) is 9.97 Å². The molecular formula is C11H18N4O. The van der Waals surface area contributed by atoms with Crippen LogP contribution in [-0.4, -0.2) is 41.3 Å². The van der Waals surface area contributed by atoms with E-state index in [1.165, 1.54) is 0 Å². The van der Waals surface area contributed by atoms with Gasteiger partial charge in [0.1, 0.15) is 5.82 Å². The molecule has 1 aliphatic heterocycles. The number of piperidine rings is 1. The molecule has 0 amide bonds. The minimum absolute atomic E-state index is 0.235. The summed E-state index contributed by atoms with van der Waals surface area (Å²) in [6, 6.07) is 0. The Hall–Kier alpha value is -1.36. The molecule has 0 aliphatic carbocycles. The van der Waals surface area contributed by atoms with E-state index in [2.05, 4.69) is 20.2 Å². The predicted octanol–water partition coefficient (Wildman–Crippen LogP) is 0.788. The van der Waals surface area contributed by atoms with Crippen molar-refractivity contribution < 1.29 is 5.11 Å². The molecule has 2 rings (SSSR count). The summed E-state index contributed by atoms with van der Waals surface area (Å²) >= 11 is 0. The molecule has 1 aromatic heterocycles. The van der Waals surface area contributed by atoms with Gasteiger partial charge in [0, 0.05) is 31.9 Å². The first-order valence-corrected chi connectivity index (χ1v) is 5.65. The molecule has 0 aromatic carbocycles. The summed E-state index contributed by atoms with van der Waals surface area (Å²) in [6.45, 7) is 3.62. The third-order valence-electron chi connectivity index (χ3n) is 2.86. The van der Waals surface area contributed by atoms with Gasteiger partial charge in [-0.25, -0.2) is 4.98 Å². The molecular weight excluding hydrogens is 204 g/mol. The van der Waals surface area contributed by atoms with Crippen LogP contribution in [0.15, 0.2) is 6.20 Å². The van der Waals surface area contributed by atoms with E-state index in [9.17, 15) is 5.11 Å². The van der Waals surface area contributed by atoms with Crippen LogP contribution in [0.1, 0.15) is 18.4 Å². The van der Waals surface area contributed by atoms with Crippen LogP contribution < -0.4 is 10.2 Å². The smallest absolute Gasteiger partial charge is 0.224 e. The van der Waals surface area contributed by atoms with Crippen LogP contribution in [0.4, 0.5) is 11.8 Å². The van der Waals surface area contributed by atoms with Crippen LogP contribution >= 0.6 is 0 Å². The Balaban J connectivity index is 2.24. The van der Waals surface area contributed by atoms with Gasteiger partial charge in [-0.3, -0.25) is 0 Å². The topological polar surface area (TPSA) is 61.3 Å². The number of nitrogens with one attached hydrogen (secondary N) is 1. The first-order valence-electron chi connectivity index (χ1n) is 5.65. The maximum atomic E-state index is 9.66. The third kappa shape index (κ3) is 2.24. The number of anilines is 2. The van der Waals surface area contributed by atoms with Crippen molar-refractivity contribution in [2.45, 2.75) is 25.9 Å².